The Balaban J connectivity index is 2.53. The molecular weight excluding hydrogens is 148 g/mol. The molecule has 2 heteroatoms. The summed E-state index contributed by atoms with van der Waals surface area (Å²) in [6.45, 7) is 4.21. The van der Waals surface area contributed by atoms with Gasteiger partial charge in [0.1, 0.15) is 0 Å². The summed E-state index contributed by atoms with van der Waals surface area (Å²) >= 11 is 0. The number of anilines is 1. The average molecular weight is 162 g/mol. The Bertz CT molecular complexity index is 305. The molecule has 0 spiro atoms. The second-order valence-electron chi connectivity index (χ2n) is 3.40. The zero-order valence-electron chi connectivity index (χ0n) is 7.35. The van der Waals surface area contributed by atoms with Crippen LogP contribution >= 0.6 is 0 Å². The molecule has 0 saturated heterocycles. The van der Waals surface area contributed by atoms with E-state index in [9.17, 15) is 0 Å². The van der Waals surface area contributed by atoms with Crippen LogP contribution in [-0.2, 0) is 13.0 Å². The zero-order chi connectivity index (χ0) is 8.55. The molecule has 2 rings (SSSR count). The molecule has 0 bridgehead atoms. The molecule has 64 valence electrons. The first-order chi connectivity index (χ1) is 5.77. The minimum Gasteiger partial charge on any atom is -0.399 e. The van der Waals surface area contributed by atoms with Crippen LogP contribution in [-0.4, -0.2) is 6.54 Å². The van der Waals surface area contributed by atoms with Gasteiger partial charge in [-0.1, -0.05) is 0 Å². The smallest absolute Gasteiger partial charge is 0.0320 e. The number of nitrogens with one attached hydrogen (secondary N) is 1. The number of aryl methyl sites for hydroxylation is 1. The second-order valence-corrected chi connectivity index (χ2v) is 3.40. The van der Waals surface area contributed by atoms with Crippen molar-refractivity contribution in [3.63, 3.8) is 0 Å². The summed E-state index contributed by atoms with van der Waals surface area (Å²) in [4.78, 5) is 0. The summed E-state index contributed by atoms with van der Waals surface area (Å²) in [7, 11) is 0. The molecule has 3 N–H and O–H groups in total. The molecule has 1 aromatic rings. The van der Waals surface area contributed by atoms with E-state index in [-0.39, 0.29) is 0 Å². The van der Waals surface area contributed by atoms with Crippen molar-refractivity contribution in [2.45, 2.75) is 19.9 Å². The van der Waals surface area contributed by atoms with Gasteiger partial charge >= 0.3 is 0 Å². The lowest BCUT2D eigenvalue weighted by atomic mass is 9.96. The van der Waals surface area contributed by atoms with Crippen LogP contribution in [0.25, 0.3) is 0 Å². The monoisotopic (exact) mass is 162 g/mol. The van der Waals surface area contributed by atoms with E-state index in [0.29, 0.717) is 0 Å². The van der Waals surface area contributed by atoms with Crippen molar-refractivity contribution in [1.29, 1.82) is 0 Å². The van der Waals surface area contributed by atoms with Crippen LogP contribution < -0.4 is 11.1 Å². The van der Waals surface area contributed by atoms with Crippen molar-refractivity contribution >= 4 is 5.69 Å². The Hall–Kier alpha value is -1.02. The lowest BCUT2D eigenvalue weighted by molar-refractivity contribution is 0.641. The lowest BCUT2D eigenvalue weighted by Crippen LogP contribution is -2.24. The fourth-order valence-electron chi connectivity index (χ4n) is 1.87. The number of hydrogen-bond donors (Lipinski definition) is 2. The fourth-order valence-corrected chi connectivity index (χ4v) is 1.87. The van der Waals surface area contributed by atoms with Gasteiger partial charge in [-0.25, -0.2) is 0 Å². The van der Waals surface area contributed by atoms with E-state index in [4.69, 9.17) is 5.73 Å². The predicted molar refractivity (Wildman–Crippen MR) is 51.0 cm³/mol. The van der Waals surface area contributed by atoms with Gasteiger partial charge in [-0.3, -0.25) is 0 Å². The first-order valence-corrected chi connectivity index (χ1v) is 4.36. The minimum absolute atomic E-state index is 0.884. The van der Waals surface area contributed by atoms with Crippen molar-refractivity contribution in [2.24, 2.45) is 0 Å². The van der Waals surface area contributed by atoms with E-state index in [1.165, 1.54) is 16.7 Å². The molecule has 0 saturated carbocycles. The molecule has 0 unspecified atom stereocenters. The van der Waals surface area contributed by atoms with Crippen molar-refractivity contribution < 1.29 is 0 Å². The van der Waals surface area contributed by atoms with Crippen molar-refractivity contribution in [1.82, 2.24) is 5.32 Å². The van der Waals surface area contributed by atoms with E-state index in [2.05, 4.69) is 24.4 Å². The van der Waals surface area contributed by atoms with Crippen LogP contribution in [0.15, 0.2) is 12.1 Å². The summed E-state index contributed by atoms with van der Waals surface area (Å²) < 4.78 is 0. The maximum absolute atomic E-state index is 5.75. The van der Waals surface area contributed by atoms with E-state index in [0.717, 1.165) is 25.2 Å². The number of nitrogen functional groups attached to an aromatic ring is 1. The predicted octanol–water partition coefficient (Wildman–Crippen LogP) is 1.22. The highest BCUT2D eigenvalue weighted by Gasteiger charge is 2.10. The van der Waals surface area contributed by atoms with Gasteiger partial charge in [0, 0.05) is 12.2 Å². The summed E-state index contributed by atoms with van der Waals surface area (Å²) in [6, 6.07) is 4.14. The van der Waals surface area contributed by atoms with Gasteiger partial charge in [-0.05, 0) is 48.7 Å². The molecule has 0 fully saturated rings. The maximum Gasteiger partial charge on any atom is 0.0320 e. The first kappa shape index (κ1) is 7.62. The number of rotatable bonds is 0. The van der Waals surface area contributed by atoms with Gasteiger partial charge in [-0.2, -0.15) is 0 Å². The first-order valence-electron chi connectivity index (χ1n) is 4.36. The van der Waals surface area contributed by atoms with E-state index in [1.54, 1.807) is 0 Å². The summed E-state index contributed by atoms with van der Waals surface area (Å²) in [5.74, 6) is 0. The molecule has 0 aromatic heterocycles. The van der Waals surface area contributed by atoms with Gasteiger partial charge in [0.2, 0.25) is 0 Å². The van der Waals surface area contributed by atoms with Crippen LogP contribution in [0.1, 0.15) is 16.7 Å². The third-order valence-electron chi connectivity index (χ3n) is 2.45. The third-order valence-corrected chi connectivity index (χ3v) is 2.45. The lowest BCUT2D eigenvalue weighted by Gasteiger charge is -2.19. The van der Waals surface area contributed by atoms with Crippen LogP contribution in [0, 0.1) is 6.92 Å². The second kappa shape index (κ2) is 2.79. The largest absolute Gasteiger partial charge is 0.399 e. The molecule has 0 aliphatic carbocycles. The van der Waals surface area contributed by atoms with Gasteiger partial charge in [0.05, 0.1) is 0 Å². The Morgan fingerprint density at radius 1 is 1.42 bits per heavy atom. The number of hydrogen-bond acceptors (Lipinski definition) is 2. The van der Waals surface area contributed by atoms with Gasteiger partial charge in [0.15, 0.2) is 0 Å². The molecule has 1 aliphatic rings. The molecule has 12 heavy (non-hydrogen) atoms. The van der Waals surface area contributed by atoms with Crippen molar-refractivity contribution in [3.8, 4) is 0 Å². The normalized spacial score (nSPS) is 15.8. The molecule has 2 nitrogen and oxygen atoms in total. The van der Waals surface area contributed by atoms with Gasteiger partial charge < -0.3 is 11.1 Å². The highest BCUT2D eigenvalue weighted by molar-refractivity contribution is 5.50. The van der Waals surface area contributed by atoms with Crippen molar-refractivity contribution in [3.05, 3.63) is 28.8 Å². The third kappa shape index (κ3) is 1.18. The summed E-state index contributed by atoms with van der Waals surface area (Å²) in [5.41, 5.74) is 10.8. The molecule has 1 heterocycles. The van der Waals surface area contributed by atoms with E-state index < -0.39 is 0 Å². The molecule has 1 aliphatic heterocycles. The number of nitrogens with two attached hydrogens (primary N) is 1. The zero-order valence-corrected chi connectivity index (χ0v) is 7.35. The highest BCUT2D eigenvalue weighted by Crippen LogP contribution is 2.21. The fraction of sp³-hybridized carbons (Fsp3) is 0.400. The Kier molecular flexibility index (Phi) is 1.77. The average Bonchev–Trinajstić information content (AvgIpc) is 2.04. The van der Waals surface area contributed by atoms with Crippen LogP contribution in [0.4, 0.5) is 5.69 Å². The van der Waals surface area contributed by atoms with E-state index in [1.807, 2.05) is 0 Å². The SMILES string of the molecule is Cc1cc(N)cc2c1CCNC2. The van der Waals surface area contributed by atoms with Crippen LogP contribution in [0.2, 0.25) is 0 Å². The maximum atomic E-state index is 5.75. The Morgan fingerprint density at radius 2 is 2.25 bits per heavy atom. The quantitative estimate of drug-likeness (QED) is 0.563. The highest BCUT2D eigenvalue weighted by atomic mass is 14.9. The van der Waals surface area contributed by atoms with E-state index >= 15 is 0 Å². The minimum atomic E-state index is 0.884. The Morgan fingerprint density at radius 3 is 3.08 bits per heavy atom. The topological polar surface area (TPSA) is 38.0 Å². The molecule has 0 atom stereocenters. The Labute approximate surface area is 72.8 Å². The molecular formula is C10H14N2. The molecule has 0 radical (unpaired) electrons. The van der Waals surface area contributed by atoms with Gasteiger partial charge in [-0.15, -0.1) is 0 Å². The van der Waals surface area contributed by atoms with Crippen LogP contribution in [0.3, 0.4) is 0 Å². The van der Waals surface area contributed by atoms with Crippen molar-refractivity contribution in [2.75, 3.05) is 12.3 Å². The number of benzene rings is 1. The molecule has 0 amide bonds. The number of fused-ring (bicyclic) bond motifs is 1. The van der Waals surface area contributed by atoms with Gasteiger partial charge in [0.25, 0.3) is 0 Å². The van der Waals surface area contributed by atoms with Crippen LogP contribution in [0.5, 0.6) is 0 Å². The summed E-state index contributed by atoms with van der Waals surface area (Å²) in [6.07, 6.45) is 1.14. The summed E-state index contributed by atoms with van der Waals surface area (Å²) in [5, 5.41) is 3.34. The standard InChI is InChI=1S/C10H14N2/c1-7-4-9(11)5-8-6-12-3-2-10(7)8/h4-5,12H,2-3,6,11H2,1H3. The molecule has 1 aromatic carbocycles.